The zero-order valence-corrected chi connectivity index (χ0v) is 18.5. The van der Waals surface area contributed by atoms with Gasteiger partial charge in [0.05, 0.1) is 17.7 Å². The molecule has 0 bridgehead atoms. The van der Waals surface area contributed by atoms with Gasteiger partial charge in [0.2, 0.25) is 5.88 Å². The van der Waals surface area contributed by atoms with Crippen LogP contribution in [0.5, 0.6) is 23.1 Å². The van der Waals surface area contributed by atoms with Crippen molar-refractivity contribution in [2.24, 2.45) is 0 Å². The zero-order valence-electron chi connectivity index (χ0n) is 18.5. The molecule has 0 unspecified atom stereocenters. The van der Waals surface area contributed by atoms with Crippen LogP contribution in [0.2, 0.25) is 0 Å². The summed E-state index contributed by atoms with van der Waals surface area (Å²) in [5.74, 6) is 2.61. The molecule has 0 saturated heterocycles. The van der Waals surface area contributed by atoms with Crippen LogP contribution in [0.15, 0.2) is 104 Å². The molecular formula is C28H23N3O2. The second-order valence-electron chi connectivity index (χ2n) is 7.78. The Balaban J connectivity index is 1.37. The van der Waals surface area contributed by atoms with E-state index in [0.717, 1.165) is 22.7 Å². The van der Waals surface area contributed by atoms with Crippen molar-refractivity contribution in [1.29, 1.82) is 0 Å². The third-order valence-corrected chi connectivity index (χ3v) is 5.31. The third kappa shape index (κ3) is 4.62. The maximum atomic E-state index is 6.11. The zero-order chi connectivity index (χ0) is 22.6. The van der Waals surface area contributed by atoms with E-state index in [2.05, 4.69) is 52.8 Å². The molecule has 5 rings (SSSR count). The lowest BCUT2D eigenvalue weighted by Gasteiger charge is -2.10. The van der Waals surface area contributed by atoms with Gasteiger partial charge in [0, 0.05) is 30.1 Å². The summed E-state index contributed by atoms with van der Waals surface area (Å²) < 4.78 is 14.0. The van der Waals surface area contributed by atoms with E-state index in [1.165, 1.54) is 11.1 Å². The van der Waals surface area contributed by atoms with Crippen molar-refractivity contribution < 1.29 is 9.47 Å². The number of para-hydroxylation sites is 1. The van der Waals surface area contributed by atoms with E-state index >= 15 is 0 Å². The van der Waals surface area contributed by atoms with Crippen LogP contribution < -0.4 is 9.47 Å². The van der Waals surface area contributed by atoms with Crippen LogP contribution in [0, 0.1) is 13.8 Å². The predicted octanol–water partition coefficient (Wildman–Crippen LogP) is 7.14. The summed E-state index contributed by atoms with van der Waals surface area (Å²) in [5.41, 5.74) is 5.45. The molecule has 5 aromatic rings. The lowest BCUT2D eigenvalue weighted by atomic mass is 10.1. The van der Waals surface area contributed by atoms with E-state index in [1.807, 2.05) is 73.1 Å². The highest BCUT2D eigenvalue weighted by molar-refractivity contribution is 5.62. The van der Waals surface area contributed by atoms with Gasteiger partial charge in [-0.3, -0.25) is 0 Å². The van der Waals surface area contributed by atoms with E-state index in [9.17, 15) is 0 Å². The first-order valence-electron chi connectivity index (χ1n) is 10.7. The molecule has 0 radical (unpaired) electrons. The van der Waals surface area contributed by atoms with Crippen molar-refractivity contribution in [3.05, 3.63) is 115 Å². The van der Waals surface area contributed by atoms with Crippen LogP contribution in [0.3, 0.4) is 0 Å². The Morgan fingerprint density at radius 3 is 2.12 bits per heavy atom. The van der Waals surface area contributed by atoms with E-state index in [0.29, 0.717) is 17.4 Å². The molecule has 0 aliphatic rings. The molecule has 0 aliphatic heterocycles. The van der Waals surface area contributed by atoms with Crippen molar-refractivity contribution in [2.45, 2.75) is 13.8 Å². The summed E-state index contributed by atoms with van der Waals surface area (Å²) in [6.07, 6.45) is 5.61. The Morgan fingerprint density at radius 1 is 0.667 bits per heavy atom. The maximum absolute atomic E-state index is 6.11. The molecule has 0 aliphatic carbocycles. The highest BCUT2D eigenvalue weighted by Gasteiger charge is 2.09. The Hall–Kier alpha value is -4.38. The first kappa shape index (κ1) is 20.5. The smallest absolute Gasteiger partial charge is 0.219 e. The fourth-order valence-corrected chi connectivity index (χ4v) is 3.79. The van der Waals surface area contributed by atoms with E-state index < -0.39 is 0 Å². The first-order valence-corrected chi connectivity index (χ1v) is 10.7. The molecule has 5 nitrogen and oxygen atoms in total. The average Bonchev–Trinajstić information content (AvgIpc) is 3.30. The van der Waals surface area contributed by atoms with Gasteiger partial charge in [0.25, 0.3) is 0 Å². The molecule has 3 aromatic carbocycles. The molecule has 162 valence electrons. The third-order valence-electron chi connectivity index (χ3n) is 5.31. The van der Waals surface area contributed by atoms with Gasteiger partial charge >= 0.3 is 0 Å². The lowest BCUT2D eigenvalue weighted by Crippen LogP contribution is -1.96. The molecule has 0 fully saturated rings. The standard InChI is InChI=1S/C28H23N3O2/c1-20-8-5-9-21(2)28(20)31-18-26(30-19-31)22-10-6-11-23(16-22)32-24-12-7-13-25(17-24)33-27-14-3-4-15-29-27/h3-19H,1-2H3. The number of aromatic nitrogens is 3. The molecule has 0 amide bonds. The predicted molar refractivity (Wildman–Crippen MR) is 129 cm³/mol. The number of hydrogen-bond donors (Lipinski definition) is 0. The van der Waals surface area contributed by atoms with Gasteiger partial charge in [0.1, 0.15) is 17.2 Å². The summed E-state index contributed by atoms with van der Waals surface area (Å²) in [5, 5.41) is 0. The van der Waals surface area contributed by atoms with Crippen LogP contribution in [-0.4, -0.2) is 14.5 Å². The van der Waals surface area contributed by atoms with Crippen LogP contribution in [0.4, 0.5) is 0 Å². The van der Waals surface area contributed by atoms with Gasteiger partial charge in [-0.2, -0.15) is 0 Å². The van der Waals surface area contributed by atoms with Crippen LogP contribution >= 0.6 is 0 Å². The van der Waals surface area contributed by atoms with E-state index in [1.54, 1.807) is 6.20 Å². The van der Waals surface area contributed by atoms with Gasteiger partial charge < -0.3 is 14.0 Å². The monoisotopic (exact) mass is 433 g/mol. The van der Waals surface area contributed by atoms with Crippen LogP contribution in [-0.2, 0) is 0 Å². The van der Waals surface area contributed by atoms with Crippen LogP contribution in [0.1, 0.15) is 11.1 Å². The number of imidazole rings is 1. The summed E-state index contributed by atoms with van der Waals surface area (Å²) in [6, 6.07) is 27.3. The lowest BCUT2D eigenvalue weighted by molar-refractivity contribution is 0.449. The molecular weight excluding hydrogens is 410 g/mol. The van der Waals surface area contributed by atoms with E-state index in [4.69, 9.17) is 9.47 Å². The number of rotatable bonds is 6. The van der Waals surface area contributed by atoms with Crippen molar-refractivity contribution in [2.75, 3.05) is 0 Å². The van der Waals surface area contributed by atoms with Crippen molar-refractivity contribution in [3.63, 3.8) is 0 Å². The summed E-state index contributed by atoms with van der Waals surface area (Å²) >= 11 is 0. The highest BCUT2D eigenvalue weighted by Crippen LogP contribution is 2.30. The Morgan fingerprint density at radius 2 is 1.36 bits per heavy atom. The maximum Gasteiger partial charge on any atom is 0.219 e. The Labute approximate surface area is 192 Å². The fourth-order valence-electron chi connectivity index (χ4n) is 3.79. The summed E-state index contributed by atoms with van der Waals surface area (Å²) in [4.78, 5) is 8.83. The summed E-state index contributed by atoms with van der Waals surface area (Å²) in [7, 11) is 0. The minimum atomic E-state index is 0.538. The molecule has 2 aromatic heterocycles. The van der Waals surface area contributed by atoms with Gasteiger partial charge in [-0.15, -0.1) is 0 Å². The number of benzene rings is 3. The quantitative estimate of drug-likeness (QED) is 0.286. The minimum Gasteiger partial charge on any atom is -0.457 e. The molecule has 33 heavy (non-hydrogen) atoms. The SMILES string of the molecule is Cc1cccc(C)c1-n1cnc(-c2cccc(Oc3cccc(Oc4ccccn4)c3)c2)c1. The second-order valence-corrected chi connectivity index (χ2v) is 7.78. The van der Waals surface area contributed by atoms with Gasteiger partial charge in [-0.1, -0.05) is 42.5 Å². The van der Waals surface area contributed by atoms with Crippen molar-refractivity contribution in [3.8, 4) is 40.1 Å². The van der Waals surface area contributed by atoms with Gasteiger partial charge in [-0.25, -0.2) is 9.97 Å². The van der Waals surface area contributed by atoms with Gasteiger partial charge in [-0.05, 0) is 55.3 Å². The molecule has 0 N–H and O–H groups in total. The number of aryl methyl sites for hydroxylation is 2. The molecule has 0 atom stereocenters. The van der Waals surface area contributed by atoms with Crippen LogP contribution in [0.25, 0.3) is 16.9 Å². The second kappa shape index (κ2) is 9.01. The fraction of sp³-hybridized carbons (Fsp3) is 0.0714. The van der Waals surface area contributed by atoms with Crippen molar-refractivity contribution in [1.82, 2.24) is 14.5 Å². The van der Waals surface area contributed by atoms with Gasteiger partial charge in [0.15, 0.2) is 0 Å². The topological polar surface area (TPSA) is 49.2 Å². The molecule has 5 heteroatoms. The first-order chi connectivity index (χ1) is 16.2. The highest BCUT2D eigenvalue weighted by atomic mass is 16.5. The minimum absolute atomic E-state index is 0.538. The molecule has 0 saturated carbocycles. The molecule has 2 heterocycles. The number of ether oxygens (including phenoxy) is 2. The Bertz CT molecular complexity index is 1370. The Kier molecular flexibility index (Phi) is 5.60. The average molecular weight is 434 g/mol. The number of pyridine rings is 1. The normalized spacial score (nSPS) is 10.7. The largest absolute Gasteiger partial charge is 0.457 e. The number of hydrogen-bond acceptors (Lipinski definition) is 4. The van der Waals surface area contributed by atoms with Crippen molar-refractivity contribution >= 4 is 0 Å². The molecule has 0 spiro atoms. The number of nitrogens with zero attached hydrogens (tertiary/aromatic N) is 3. The van der Waals surface area contributed by atoms with E-state index in [-0.39, 0.29) is 0 Å². The summed E-state index contributed by atoms with van der Waals surface area (Å²) in [6.45, 7) is 4.23.